The number of pyridine rings is 1. The van der Waals surface area contributed by atoms with E-state index in [2.05, 4.69) is 19.9 Å². The van der Waals surface area contributed by atoms with Crippen LogP contribution in [0.3, 0.4) is 0 Å². The molecule has 2 aromatic heterocycles. The van der Waals surface area contributed by atoms with Crippen LogP contribution in [0.2, 0.25) is 0 Å². The summed E-state index contributed by atoms with van der Waals surface area (Å²) in [5.41, 5.74) is 0.915. The van der Waals surface area contributed by atoms with Crippen LogP contribution in [0.1, 0.15) is 0 Å². The second-order valence-corrected chi connectivity index (χ2v) is 3.26. The normalized spacial score (nSPS) is 10.5. The maximum atomic E-state index is 4.31. The second-order valence-electron chi connectivity index (χ2n) is 3.26. The van der Waals surface area contributed by atoms with Gasteiger partial charge in [0.25, 0.3) is 0 Å². The first kappa shape index (κ1) is 9.86. The summed E-state index contributed by atoms with van der Waals surface area (Å²) in [7, 11) is 1.94. The van der Waals surface area contributed by atoms with Crippen molar-refractivity contribution in [1.29, 1.82) is 0 Å². The molecule has 0 aliphatic carbocycles. The summed E-state index contributed by atoms with van der Waals surface area (Å²) < 4.78 is 2.10. The minimum atomic E-state index is 0.905. The van der Waals surface area contributed by atoms with Crippen LogP contribution in [0, 0.1) is 0 Å². The minimum Gasteiger partial charge on any atom is -0.328 e. The maximum Gasteiger partial charge on any atom is 0.158 e. The van der Waals surface area contributed by atoms with E-state index in [1.807, 2.05) is 31.4 Å². The largest absolute Gasteiger partial charge is 0.328 e. The molecule has 0 aliphatic heterocycles. The molecular formula is C11H14N4. The Kier molecular flexibility index (Phi) is 3.09. The number of hydrogen-bond donors (Lipinski definition) is 1. The Morgan fingerprint density at radius 3 is 2.93 bits per heavy atom. The molecule has 2 aromatic rings. The highest BCUT2D eigenvalue weighted by Crippen LogP contribution is 2.13. The number of nitrogens with zero attached hydrogens (tertiary/aromatic N) is 3. The summed E-state index contributed by atoms with van der Waals surface area (Å²) >= 11 is 0. The van der Waals surface area contributed by atoms with E-state index < -0.39 is 0 Å². The fourth-order valence-corrected chi connectivity index (χ4v) is 1.45. The summed E-state index contributed by atoms with van der Waals surface area (Å²) in [6, 6.07) is 5.85. The van der Waals surface area contributed by atoms with E-state index in [-0.39, 0.29) is 0 Å². The molecule has 78 valence electrons. The highest BCUT2D eigenvalue weighted by atomic mass is 15.1. The Balaban J connectivity index is 2.25. The molecule has 4 nitrogen and oxygen atoms in total. The quantitative estimate of drug-likeness (QED) is 0.809. The van der Waals surface area contributed by atoms with Crippen LogP contribution >= 0.6 is 0 Å². The summed E-state index contributed by atoms with van der Waals surface area (Å²) in [4.78, 5) is 8.60. The zero-order valence-electron chi connectivity index (χ0n) is 8.72. The minimum absolute atomic E-state index is 0.905. The first-order valence-electron chi connectivity index (χ1n) is 4.99. The Morgan fingerprint density at radius 1 is 1.27 bits per heavy atom. The fraction of sp³-hybridized carbons (Fsp3) is 0.273. The van der Waals surface area contributed by atoms with Crippen LogP contribution in [-0.2, 0) is 6.54 Å². The molecule has 0 saturated carbocycles. The molecular weight excluding hydrogens is 188 g/mol. The van der Waals surface area contributed by atoms with E-state index in [0.717, 1.165) is 24.6 Å². The van der Waals surface area contributed by atoms with Gasteiger partial charge in [-0.3, -0.25) is 4.98 Å². The van der Waals surface area contributed by atoms with Crippen LogP contribution in [-0.4, -0.2) is 28.1 Å². The number of aromatic nitrogens is 3. The van der Waals surface area contributed by atoms with Crippen LogP contribution in [0.25, 0.3) is 11.5 Å². The van der Waals surface area contributed by atoms with Gasteiger partial charge in [-0.2, -0.15) is 0 Å². The van der Waals surface area contributed by atoms with Gasteiger partial charge in [0.2, 0.25) is 0 Å². The van der Waals surface area contributed by atoms with Crippen molar-refractivity contribution in [3.8, 4) is 11.5 Å². The number of nitrogens with one attached hydrogen (secondary N) is 1. The number of rotatable bonds is 4. The Bertz CT molecular complexity index is 408. The molecule has 0 amide bonds. The molecule has 0 radical (unpaired) electrons. The predicted octanol–water partition coefficient (Wildman–Crippen LogP) is 1.16. The van der Waals surface area contributed by atoms with Gasteiger partial charge in [-0.15, -0.1) is 0 Å². The molecule has 15 heavy (non-hydrogen) atoms. The van der Waals surface area contributed by atoms with Crippen LogP contribution in [0.5, 0.6) is 0 Å². The lowest BCUT2D eigenvalue weighted by Gasteiger charge is -2.06. The highest BCUT2D eigenvalue weighted by molar-refractivity contribution is 5.48. The highest BCUT2D eigenvalue weighted by Gasteiger charge is 2.05. The van der Waals surface area contributed by atoms with Crippen LogP contribution in [0.4, 0.5) is 0 Å². The van der Waals surface area contributed by atoms with E-state index >= 15 is 0 Å². The standard InChI is InChI=1S/C11H14N4/c1-12-6-8-15-9-7-14-11(15)10-4-2-3-5-13-10/h2-5,7,9,12H,6,8H2,1H3. The maximum absolute atomic E-state index is 4.31. The molecule has 2 heterocycles. The Morgan fingerprint density at radius 2 is 2.20 bits per heavy atom. The fourth-order valence-electron chi connectivity index (χ4n) is 1.45. The molecule has 4 heteroatoms. The lowest BCUT2D eigenvalue weighted by molar-refractivity contribution is 0.648. The van der Waals surface area contributed by atoms with Crippen molar-refractivity contribution in [2.45, 2.75) is 6.54 Å². The van der Waals surface area contributed by atoms with Gasteiger partial charge in [-0.1, -0.05) is 6.07 Å². The van der Waals surface area contributed by atoms with E-state index in [4.69, 9.17) is 0 Å². The van der Waals surface area contributed by atoms with Crippen LogP contribution < -0.4 is 5.32 Å². The van der Waals surface area contributed by atoms with Gasteiger partial charge in [0.05, 0.1) is 0 Å². The van der Waals surface area contributed by atoms with Crippen molar-refractivity contribution in [3.63, 3.8) is 0 Å². The zero-order chi connectivity index (χ0) is 10.5. The Labute approximate surface area is 89.0 Å². The average molecular weight is 202 g/mol. The van der Waals surface area contributed by atoms with Gasteiger partial charge in [-0.05, 0) is 19.2 Å². The van der Waals surface area contributed by atoms with E-state index in [0.29, 0.717) is 0 Å². The zero-order valence-corrected chi connectivity index (χ0v) is 8.72. The topological polar surface area (TPSA) is 42.7 Å². The van der Waals surface area contributed by atoms with Gasteiger partial charge in [-0.25, -0.2) is 4.98 Å². The summed E-state index contributed by atoms with van der Waals surface area (Å²) in [5, 5.41) is 3.12. The SMILES string of the molecule is CNCCn1ccnc1-c1ccccn1. The smallest absolute Gasteiger partial charge is 0.158 e. The van der Waals surface area contributed by atoms with E-state index in [1.54, 1.807) is 12.4 Å². The third-order valence-electron chi connectivity index (χ3n) is 2.21. The van der Waals surface area contributed by atoms with E-state index in [9.17, 15) is 0 Å². The lowest BCUT2D eigenvalue weighted by atomic mass is 10.3. The predicted molar refractivity (Wildman–Crippen MR) is 59.4 cm³/mol. The van der Waals surface area contributed by atoms with Gasteiger partial charge in [0.1, 0.15) is 5.69 Å². The van der Waals surface area contributed by atoms with Crippen molar-refractivity contribution in [2.24, 2.45) is 0 Å². The summed E-state index contributed by atoms with van der Waals surface area (Å²) in [5.74, 6) is 0.922. The van der Waals surface area contributed by atoms with Crippen LogP contribution in [0.15, 0.2) is 36.8 Å². The first-order chi connectivity index (χ1) is 7.42. The monoisotopic (exact) mass is 202 g/mol. The first-order valence-corrected chi connectivity index (χ1v) is 4.99. The van der Waals surface area contributed by atoms with Gasteiger partial charge in [0.15, 0.2) is 5.82 Å². The van der Waals surface area contributed by atoms with Crippen molar-refractivity contribution < 1.29 is 0 Å². The molecule has 0 spiro atoms. The second kappa shape index (κ2) is 4.70. The molecule has 2 rings (SSSR count). The van der Waals surface area contributed by atoms with Crippen molar-refractivity contribution in [3.05, 3.63) is 36.8 Å². The lowest BCUT2D eigenvalue weighted by Crippen LogP contribution is -2.15. The summed E-state index contributed by atoms with van der Waals surface area (Å²) in [6.45, 7) is 1.83. The van der Waals surface area contributed by atoms with Gasteiger partial charge < -0.3 is 9.88 Å². The molecule has 0 aliphatic rings. The van der Waals surface area contributed by atoms with E-state index in [1.165, 1.54) is 0 Å². The third kappa shape index (κ3) is 2.22. The third-order valence-corrected chi connectivity index (χ3v) is 2.21. The molecule has 1 N–H and O–H groups in total. The molecule has 0 fully saturated rings. The van der Waals surface area contributed by atoms with Crippen molar-refractivity contribution >= 4 is 0 Å². The summed E-state index contributed by atoms with van der Waals surface area (Å²) in [6.07, 6.45) is 5.56. The van der Waals surface area contributed by atoms with Gasteiger partial charge in [0, 0.05) is 31.7 Å². The Hall–Kier alpha value is -1.68. The number of likely N-dealkylation sites (N-methyl/N-ethyl adjacent to an activating group) is 1. The number of hydrogen-bond acceptors (Lipinski definition) is 3. The molecule has 0 atom stereocenters. The van der Waals surface area contributed by atoms with Gasteiger partial charge >= 0.3 is 0 Å². The average Bonchev–Trinajstić information content (AvgIpc) is 2.75. The molecule has 0 aromatic carbocycles. The van der Waals surface area contributed by atoms with Crippen molar-refractivity contribution in [1.82, 2.24) is 19.9 Å². The molecule has 0 bridgehead atoms. The molecule has 0 saturated heterocycles. The van der Waals surface area contributed by atoms with Crippen molar-refractivity contribution in [2.75, 3.05) is 13.6 Å². The number of imidazole rings is 1. The molecule has 0 unspecified atom stereocenters.